The topological polar surface area (TPSA) is 81.7 Å². The molecule has 0 spiro atoms. The molecule has 0 amide bonds. The van der Waals surface area contributed by atoms with E-state index in [2.05, 4.69) is 51.8 Å². The molecule has 4 aromatic rings. The van der Waals surface area contributed by atoms with Crippen LogP contribution in [0.1, 0.15) is 42.6 Å². The average Bonchev–Trinajstić information content (AvgIpc) is 3.41. The van der Waals surface area contributed by atoms with Crippen LogP contribution in [0.15, 0.2) is 73.1 Å². The summed E-state index contributed by atoms with van der Waals surface area (Å²) in [5, 5.41) is 11.5. The van der Waals surface area contributed by atoms with Crippen molar-refractivity contribution in [2.45, 2.75) is 26.7 Å². The number of benzene rings is 2. The van der Waals surface area contributed by atoms with Crippen molar-refractivity contribution in [3.63, 3.8) is 0 Å². The number of pyridine rings is 1. The maximum Gasteiger partial charge on any atom is 0.339 e. The van der Waals surface area contributed by atoms with Crippen molar-refractivity contribution in [2.24, 2.45) is 11.3 Å². The van der Waals surface area contributed by atoms with Gasteiger partial charge in [-0.05, 0) is 71.7 Å². The number of halogens is 1. The maximum atomic E-state index is 11.9. The fraction of sp³-hybridized carbons (Fsp3) is 0.333. The number of ether oxygens (including phenoxy) is 1. The van der Waals surface area contributed by atoms with Gasteiger partial charge in [-0.2, -0.15) is 0 Å². The maximum absolute atomic E-state index is 11.9. The smallest absolute Gasteiger partial charge is 0.339 e. The van der Waals surface area contributed by atoms with Gasteiger partial charge in [-0.1, -0.05) is 43.7 Å². The largest absolute Gasteiger partial charge is 0.478 e. The van der Waals surface area contributed by atoms with Crippen molar-refractivity contribution < 1.29 is 14.6 Å². The first-order valence-corrected chi connectivity index (χ1v) is 14.5. The molecule has 2 aliphatic rings. The summed E-state index contributed by atoms with van der Waals surface area (Å²) >= 11 is 6.14. The van der Waals surface area contributed by atoms with Gasteiger partial charge in [0.25, 0.3) is 0 Å². The van der Waals surface area contributed by atoms with Gasteiger partial charge >= 0.3 is 5.97 Å². The van der Waals surface area contributed by atoms with Gasteiger partial charge in [0.05, 0.1) is 6.20 Å². The Bertz CT molecular complexity index is 1590. The molecule has 2 aromatic carbocycles. The monoisotopic (exact) mass is 570 g/mol. The predicted molar refractivity (Wildman–Crippen MR) is 164 cm³/mol. The summed E-state index contributed by atoms with van der Waals surface area (Å²) in [6.07, 6.45) is 8.11. The number of nitrogens with one attached hydrogen (secondary N) is 1. The van der Waals surface area contributed by atoms with Crippen LogP contribution < -0.4 is 9.64 Å². The van der Waals surface area contributed by atoms with Crippen molar-refractivity contribution in [2.75, 3.05) is 37.6 Å². The number of nitrogens with zero attached hydrogens (tertiary/aromatic N) is 3. The Morgan fingerprint density at radius 1 is 1.10 bits per heavy atom. The molecule has 6 rings (SSSR count). The van der Waals surface area contributed by atoms with E-state index in [0.29, 0.717) is 17.4 Å². The van der Waals surface area contributed by atoms with Gasteiger partial charge in [-0.25, -0.2) is 9.78 Å². The molecule has 2 aromatic heterocycles. The zero-order valence-electron chi connectivity index (χ0n) is 23.4. The lowest BCUT2D eigenvalue weighted by molar-refractivity contribution is 0.0694. The Hall–Kier alpha value is -3.81. The molecule has 0 radical (unpaired) electrons. The van der Waals surface area contributed by atoms with E-state index < -0.39 is 5.97 Å². The number of hydrogen-bond donors (Lipinski definition) is 2. The zero-order valence-corrected chi connectivity index (χ0v) is 24.2. The molecule has 1 aliphatic heterocycles. The summed E-state index contributed by atoms with van der Waals surface area (Å²) in [4.78, 5) is 24.3. The summed E-state index contributed by atoms with van der Waals surface area (Å²) in [5.74, 6) is 0.395. The number of H-pyrrole nitrogens is 1. The fourth-order valence-electron chi connectivity index (χ4n) is 6.34. The number of carbonyl (C=O) groups is 1. The predicted octanol–water partition coefficient (Wildman–Crippen LogP) is 7.35. The van der Waals surface area contributed by atoms with E-state index in [4.69, 9.17) is 16.3 Å². The molecule has 41 heavy (non-hydrogen) atoms. The minimum absolute atomic E-state index is 0.131. The summed E-state index contributed by atoms with van der Waals surface area (Å²) in [6, 6.07) is 17.3. The van der Waals surface area contributed by atoms with Crippen LogP contribution >= 0.6 is 11.6 Å². The van der Waals surface area contributed by atoms with Crippen molar-refractivity contribution in [3.8, 4) is 11.5 Å². The summed E-state index contributed by atoms with van der Waals surface area (Å²) in [6.45, 7) is 9.41. The van der Waals surface area contributed by atoms with Gasteiger partial charge in [0.1, 0.15) is 22.7 Å². The zero-order chi connectivity index (χ0) is 28.6. The highest BCUT2D eigenvalue weighted by Crippen LogP contribution is 2.41. The third-order valence-corrected chi connectivity index (χ3v) is 8.41. The minimum atomic E-state index is -1.02. The molecule has 212 valence electrons. The first-order valence-electron chi connectivity index (χ1n) is 14.2. The summed E-state index contributed by atoms with van der Waals surface area (Å²) in [7, 11) is 0. The number of rotatable bonds is 7. The van der Waals surface area contributed by atoms with Crippen molar-refractivity contribution in [3.05, 3.63) is 89.2 Å². The third-order valence-electron chi connectivity index (χ3n) is 8.16. The van der Waals surface area contributed by atoms with Crippen LogP contribution in [0.3, 0.4) is 0 Å². The molecule has 7 nitrogen and oxygen atoms in total. The van der Waals surface area contributed by atoms with E-state index in [1.54, 1.807) is 12.3 Å². The lowest BCUT2D eigenvalue weighted by Gasteiger charge is -2.40. The number of carboxylic acid groups (broad SMARTS) is 1. The minimum Gasteiger partial charge on any atom is -0.478 e. The van der Waals surface area contributed by atoms with E-state index in [1.807, 2.05) is 42.6 Å². The first kappa shape index (κ1) is 27.4. The van der Waals surface area contributed by atoms with Gasteiger partial charge in [-0.15, -0.1) is 0 Å². The number of fused-ring (bicyclic) bond motifs is 1. The fourth-order valence-corrected chi connectivity index (χ4v) is 6.46. The molecule has 1 saturated heterocycles. The Morgan fingerprint density at radius 2 is 1.88 bits per heavy atom. The van der Waals surface area contributed by atoms with Crippen LogP contribution in [0.2, 0.25) is 5.02 Å². The molecule has 0 bridgehead atoms. The highest BCUT2D eigenvalue weighted by molar-refractivity contribution is 6.30. The van der Waals surface area contributed by atoms with Crippen molar-refractivity contribution in [1.82, 2.24) is 14.9 Å². The van der Waals surface area contributed by atoms with E-state index >= 15 is 0 Å². The lowest BCUT2D eigenvalue weighted by Crippen LogP contribution is -2.48. The number of aromatic nitrogens is 2. The van der Waals surface area contributed by atoms with E-state index in [-0.39, 0.29) is 11.0 Å². The van der Waals surface area contributed by atoms with Crippen LogP contribution in [0.25, 0.3) is 16.6 Å². The normalized spacial score (nSPS) is 19.2. The Kier molecular flexibility index (Phi) is 7.49. The molecule has 1 unspecified atom stereocenters. The van der Waals surface area contributed by atoms with Gasteiger partial charge < -0.3 is 19.7 Å². The number of carboxylic acids is 1. The lowest BCUT2D eigenvalue weighted by atomic mass is 9.72. The molecule has 0 saturated carbocycles. The number of anilines is 1. The summed E-state index contributed by atoms with van der Waals surface area (Å²) < 4.78 is 6.07. The van der Waals surface area contributed by atoms with Crippen LogP contribution in [0, 0.1) is 11.3 Å². The number of allylic oxidation sites excluding steroid dienone is 2. The molecule has 1 fully saturated rings. The Labute approximate surface area is 245 Å². The van der Waals surface area contributed by atoms with E-state index in [0.717, 1.165) is 60.9 Å². The third kappa shape index (κ3) is 6.26. The molecule has 1 aliphatic carbocycles. The van der Waals surface area contributed by atoms with Gasteiger partial charge in [0.2, 0.25) is 0 Å². The SMILES string of the molecule is CC1(C)C=C(c2ccc(Cl)cc2)CC(CN2CCN(c3ccc(C(=O)O)c(Oc4cnc5[nH]ccc5c4)c3)CC2)C1. The Morgan fingerprint density at radius 3 is 2.63 bits per heavy atom. The van der Waals surface area contributed by atoms with Crippen LogP contribution in [-0.4, -0.2) is 58.7 Å². The molecular weight excluding hydrogens is 536 g/mol. The second kappa shape index (κ2) is 11.2. The van der Waals surface area contributed by atoms with Crippen molar-refractivity contribution >= 4 is 39.9 Å². The second-order valence-corrected chi connectivity index (χ2v) is 12.3. The average molecular weight is 571 g/mol. The van der Waals surface area contributed by atoms with E-state index in [1.165, 1.54) is 17.6 Å². The van der Waals surface area contributed by atoms with Crippen LogP contribution in [0.5, 0.6) is 11.5 Å². The van der Waals surface area contributed by atoms with Gasteiger partial charge in [0.15, 0.2) is 0 Å². The molecule has 8 heteroatoms. The summed E-state index contributed by atoms with van der Waals surface area (Å²) in [5.41, 5.74) is 4.69. The second-order valence-electron chi connectivity index (χ2n) is 11.9. The highest BCUT2D eigenvalue weighted by atomic mass is 35.5. The number of piperazine rings is 1. The first-order chi connectivity index (χ1) is 19.7. The quantitative estimate of drug-likeness (QED) is 0.242. The standard InChI is InChI=1S/C33H35ClN4O3/c1-33(2)18-22(15-25(19-33)23-3-5-26(34)6-4-23)21-37-11-13-38(14-12-37)27-7-8-29(32(39)40)30(17-27)41-28-16-24-9-10-35-31(24)36-20-28/h3-10,16-17,19-20,22H,11-15,18,21H2,1-2H3,(H,35,36)(H,39,40). The van der Waals surface area contributed by atoms with Gasteiger partial charge in [0, 0.05) is 61.1 Å². The molecular formula is C33H35ClN4O3. The van der Waals surface area contributed by atoms with Crippen LogP contribution in [0.4, 0.5) is 5.69 Å². The number of hydrogen-bond acceptors (Lipinski definition) is 5. The number of aromatic carboxylic acids is 1. The Balaban J connectivity index is 1.11. The van der Waals surface area contributed by atoms with Crippen molar-refractivity contribution in [1.29, 1.82) is 0 Å². The number of aromatic amines is 1. The molecule has 2 N–H and O–H groups in total. The van der Waals surface area contributed by atoms with Crippen LogP contribution in [-0.2, 0) is 0 Å². The highest BCUT2D eigenvalue weighted by Gasteiger charge is 2.30. The van der Waals surface area contributed by atoms with Gasteiger partial charge in [-0.3, -0.25) is 4.90 Å². The molecule has 3 heterocycles. The molecule has 1 atom stereocenters. The van der Waals surface area contributed by atoms with E-state index in [9.17, 15) is 9.90 Å².